The first kappa shape index (κ1) is 26.5. The van der Waals surface area contributed by atoms with E-state index < -0.39 is 10.4 Å². The zero-order valence-electron chi connectivity index (χ0n) is 20.1. The number of nitrogens with zero attached hydrogens (tertiary/aromatic N) is 2. The zero-order valence-corrected chi connectivity index (χ0v) is 22.5. The normalized spacial score (nSPS) is 21.9. The molecule has 5 rings (SSSR count). The molecule has 3 atom stereocenters. The lowest BCUT2D eigenvalue weighted by Crippen LogP contribution is -2.50. The fraction of sp³-hybridized carbons (Fsp3) is 0.462. The molecule has 0 unspecified atom stereocenters. The van der Waals surface area contributed by atoms with E-state index in [2.05, 4.69) is 59.2 Å². The maximum absolute atomic E-state index is 8.74. The fourth-order valence-corrected chi connectivity index (χ4v) is 6.73. The molecule has 2 N–H and O–H groups in total. The minimum absolute atomic E-state index is 0.660. The number of halogens is 1. The number of hydrogen-bond acceptors (Lipinski definition) is 4. The van der Waals surface area contributed by atoms with E-state index in [0.717, 1.165) is 17.5 Å². The maximum atomic E-state index is 8.74. The molecule has 0 amide bonds. The van der Waals surface area contributed by atoms with E-state index in [1.807, 2.05) is 23.9 Å². The highest BCUT2D eigenvalue weighted by molar-refractivity contribution is 7.98. The number of rotatable bonds is 6. The van der Waals surface area contributed by atoms with E-state index in [0.29, 0.717) is 12.0 Å². The molecule has 1 aromatic heterocycles. The van der Waals surface area contributed by atoms with E-state index in [1.54, 1.807) is 11.1 Å². The van der Waals surface area contributed by atoms with Crippen LogP contribution >= 0.6 is 23.4 Å². The molecule has 190 valence electrons. The van der Waals surface area contributed by atoms with Gasteiger partial charge in [0, 0.05) is 47.2 Å². The number of aromatic nitrogens is 1. The summed E-state index contributed by atoms with van der Waals surface area (Å²) in [4.78, 5) is 2.81. The van der Waals surface area contributed by atoms with Crippen LogP contribution in [0.4, 0.5) is 0 Å². The Labute approximate surface area is 217 Å². The van der Waals surface area contributed by atoms with Crippen molar-refractivity contribution in [2.45, 2.75) is 44.7 Å². The van der Waals surface area contributed by atoms with Crippen molar-refractivity contribution in [1.29, 1.82) is 0 Å². The van der Waals surface area contributed by atoms with Crippen LogP contribution in [-0.2, 0) is 23.4 Å². The van der Waals surface area contributed by atoms with E-state index in [1.165, 1.54) is 54.6 Å². The Morgan fingerprint density at radius 3 is 2.51 bits per heavy atom. The Morgan fingerprint density at radius 1 is 1.14 bits per heavy atom. The first-order valence-corrected chi connectivity index (χ1v) is 15.1. The minimum atomic E-state index is -4.67. The minimum Gasteiger partial charge on any atom is -0.343 e. The van der Waals surface area contributed by atoms with Crippen LogP contribution in [0.1, 0.15) is 42.4 Å². The van der Waals surface area contributed by atoms with Gasteiger partial charge in [0.15, 0.2) is 0 Å². The standard InChI is InChI=1S/C26H31ClN2S.H2O4S/c1-3-11-28-15-19(17-30-2)12-23-22-5-4-6-24-26(22)20(13-25(23)28)16-29(24)14-18-7-9-21(27)10-8-18;1-5(2,3)4/h4-10,16,19,23,25H,3,11-15,17H2,1-2H3;(H2,1,2,3,4)/t19-,23-,25-;/m1./s1. The lowest BCUT2D eigenvalue weighted by atomic mass is 9.72. The molecule has 1 saturated heterocycles. The molecule has 0 spiro atoms. The highest BCUT2D eigenvalue weighted by atomic mass is 35.5. The van der Waals surface area contributed by atoms with Gasteiger partial charge in [-0.25, -0.2) is 0 Å². The first-order chi connectivity index (χ1) is 16.7. The van der Waals surface area contributed by atoms with Crippen LogP contribution in [0.15, 0.2) is 48.7 Å². The van der Waals surface area contributed by atoms with Crippen LogP contribution in [0.25, 0.3) is 10.9 Å². The van der Waals surface area contributed by atoms with E-state index in [4.69, 9.17) is 29.1 Å². The Kier molecular flexibility index (Phi) is 8.51. The van der Waals surface area contributed by atoms with Crippen LogP contribution in [-0.4, -0.2) is 58.1 Å². The predicted molar refractivity (Wildman–Crippen MR) is 145 cm³/mol. The second-order valence-electron chi connectivity index (χ2n) is 9.53. The van der Waals surface area contributed by atoms with Gasteiger partial charge >= 0.3 is 10.4 Å². The Balaban J connectivity index is 0.000000527. The highest BCUT2D eigenvalue weighted by Gasteiger charge is 2.40. The maximum Gasteiger partial charge on any atom is 0.394 e. The molecule has 2 aliphatic rings. The van der Waals surface area contributed by atoms with Crippen molar-refractivity contribution in [3.63, 3.8) is 0 Å². The molecule has 0 saturated carbocycles. The average molecular weight is 537 g/mol. The summed E-state index contributed by atoms with van der Waals surface area (Å²) in [5, 5.41) is 2.34. The van der Waals surface area contributed by atoms with Gasteiger partial charge in [-0.05, 0) is 78.6 Å². The molecule has 2 aromatic carbocycles. The summed E-state index contributed by atoms with van der Waals surface area (Å²) in [6, 6.07) is 16.0. The van der Waals surface area contributed by atoms with Crippen molar-refractivity contribution >= 4 is 44.7 Å². The average Bonchev–Trinajstić information content (AvgIpc) is 3.14. The number of benzene rings is 2. The van der Waals surface area contributed by atoms with Crippen LogP contribution < -0.4 is 0 Å². The number of hydrogen-bond donors (Lipinski definition) is 2. The van der Waals surface area contributed by atoms with Gasteiger partial charge in [-0.3, -0.25) is 14.0 Å². The molecule has 0 radical (unpaired) electrons. The van der Waals surface area contributed by atoms with E-state index in [9.17, 15) is 0 Å². The van der Waals surface area contributed by atoms with Crippen molar-refractivity contribution in [3.8, 4) is 0 Å². The SMILES string of the molecule is CCCN1C[C@H](CSC)C[C@@H]2c3cccc4c3c(cn4Cc3ccc(Cl)cc3)C[C@H]21.O=S(=O)(O)O. The second kappa shape index (κ2) is 11.2. The molecule has 1 fully saturated rings. The molecule has 0 bridgehead atoms. The lowest BCUT2D eigenvalue weighted by molar-refractivity contribution is 0.0926. The molecule has 1 aliphatic heterocycles. The van der Waals surface area contributed by atoms with E-state index >= 15 is 0 Å². The van der Waals surface area contributed by atoms with Gasteiger partial charge in [-0.1, -0.05) is 42.8 Å². The Hall–Kier alpha value is -1.55. The number of piperidine rings is 1. The number of fused-ring (bicyclic) bond motifs is 2. The van der Waals surface area contributed by atoms with Gasteiger partial charge in [0.25, 0.3) is 0 Å². The first-order valence-electron chi connectivity index (χ1n) is 12.0. The third-order valence-electron chi connectivity index (χ3n) is 7.04. The third-order valence-corrected chi connectivity index (χ3v) is 8.09. The van der Waals surface area contributed by atoms with Gasteiger partial charge in [0.2, 0.25) is 0 Å². The van der Waals surface area contributed by atoms with E-state index in [-0.39, 0.29) is 0 Å². The molecule has 3 aromatic rings. The van der Waals surface area contributed by atoms with Crippen LogP contribution in [0.3, 0.4) is 0 Å². The molecule has 35 heavy (non-hydrogen) atoms. The van der Waals surface area contributed by atoms with Crippen molar-refractivity contribution in [1.82, 2.24) is 9.47 Å². The van der Waals surface area contributed by atoms with Crippen molar-refractivity contribution in [2.24, 2.45) is 5.92 Å². The topological polar surface area (TPSA) is 82.8 Å². The lowest BCUT2D eigenvalue weighted by Gasteiger charge is -2.47. The number of thioether (sulfide) groups is 1. The third kappa shape index (κ3) is 6.42. The molecule has 6 nitrogen and oxygen atoms in total. The summed E-state index contributed by atoms with van der Waals surface area (Å²) in [5.41, 5.74) is 5.84. The summed E-state index contributed by atoms with van der Waals surface area (Å²) in [7, 11) is -4.67. The monoisotopic (exact) mass is 536 g/mol. The van der Waals surface area contributed by atoms with Crippen LogP contribution in [0, 0.1) is 5.92 Å². The number of likely N-dealkylation sites (tertiary alicyclic amines) is 1. The largest absolute Gasteiger partial charge is 0.394 e. The van der Waals surface area contributed by atoms with Gasteiger partial charge in [0.1, 0.15) is 0 Å². The molecular weight excluding hydrogens is 504 g/mol. The zero-order chi connectivity index (χ0) is 25.2. The molecule has 1 aliphatic carbocycles. The Morgan fingerprint density at radius 2 is 1.86 bits per heavy atom. The summed E-state index contributed by atoms with van der Waals surface area (Å²) in [6.07, 6.45) is 8.46. The van der Waals surface area contributed by atoms with Gasteiger partial charge < -0.3 is 4.57 Å². The van der Waals surface area contributed by atoms with Gasteiger partial charge in [-0.2, -0.15) is 20.2 Å². The molecule has 2 heterocycles. The summed E-state index contributed by atoms with van der Waals surface area (Å²) in [6.45, 7) is 5.72. The van der Waals surface area contributed by atoms with Gasteiger partial charge in [-0.15, -0.1) is 0 Å². The van der Waals surface area contributed by atoms with Crippen molar-refractivity contribution in [2.75, 3.05) is 25.1 Å². The smallest absolute Gasteiger partial charge is 0.343 e. The van der Waals surface area contributed by atoms with Crippen LogP contribution in [0.2, 0.25) is 5.02 Å². The summed E-state index contributed by atoms with van der Waals surface area (Å²) < 4.78 is 34.0. The Bertz CT molecular complexity index is 1250. The predicted octanol–water partition coefficient (Wildman–Crippen LogP) is 5.79. The van der Waals surface area contributed by atoms with Crippen molar-refractivity contribution in [3.05, 3.63) is 70.4 Å². The molecule has 9 heteroatoms. The summed E-state index contributed by atoms with van der Waals surface area (Å²) >= 11 is 8.11. The van der Waals surface area contributed by atoms with Gasteiger partial charge in [0.05, 0.1) is 0 Å². The quantitative estimate of drug-likeness (QED) is 0.388. The van der Waals surface area contributed by atoms with Crippen molar-refractivity contribution < 1.29 is 17.5 Å². The van der Waals surface area contributed by atoms with Crippen LogP contribution in [0.5, 0.6) is 0 Å². The fourth-order valence-electron chi connectivity index (χ4n) is 5.89. The second-order valence-corrected chi connectivity index (χ2v) is 11.8. The summed E-state index contributed by atoms with van der Waals surface area (Å²) in [5.74, 6) is 2.76. The molecular formula is C26H33ClN2O4S2. The highest BCUT2D eigenvalue weighted by Crippen LogP contribution is 2.45.